The third-order valence-electron chi connectivity index (χ3n) is 2.54. The van der Waals surface area contributed by atoms with E-state index in [0.29, 0.717) is 0 Å². The zero-order chi connectivity index (χ0) is 10.7. The topological polar surface area (TPSA) is 0 Å². The Kier molecular flexibility index (Phi) is 4.20. The first-order valence-corrected chi connectivity index (χ1v) is 6.62. The number of benzene rings is 2. The summed E-state index contributed by atoms with van der Waals surface area (Å²) in [6.45, 7) is 7.78. The van der Waals surface area contributed by atoms with Crippen LogP contribution in [-0.2, 0) is 0 Å². The van der Waals surface area contributed by atoms with Crippen molar-refractivity contribution in [1.29, 1.82) is 0 Å². The fourth-order valence-electron chi connectivity index (χ4n) is 1.78. The van der Waals surface area contributed by atoms with Crippen LogP contribution < -0.4 is 5.19 Å². The summed E-state index contributed by atoms with van der Waals surface area (Å²) in [4.78, 5) is 0. The highest BCUT2D eigenvalue weighted by atomic mass is 28.3. The van der Waals surface area contributed by atoms with Gasteiger partial charge >= 0.3 is 0 Å². The van der Waals surface area contributed by atoms with Gasteiger partial charge in [-0.15, -0.1) is 13.2 Å². The maximum atomic E-state index is 3.89. The summed E-state index contributed by atoms with van der Waals surface area (Å²) in [6, 6.07) is 14.9. The molecule has 2 rings (SSSR count). The summed E-state index contributed by atoms with van der Waals surface area (Å²) in [7, 11) is -0.798. The lowest BCUT2D eigenvalue weighted by Crippen LogP contribution is -2.26. The van der Waals surface area contributed by atoms with Crippen LogP contribution in [0.1, 0.15) is 0 Å². The third-order valence-corrected chi connectivity index (χ3v) is 4.48. The van der Waals surface area contributed by atoms with Crippen LogP contribution >= 0.6 is 0 Å². The van der Waals surface area contributed by atoms with Crippen molar-refractivity contribution in [2.75, 3.05) is 0 Å². The van der Waals surface area contributed by atoms with Gasteiger partial charge in [0.1, 0.15) is 8.80 Å². The van der Waals surface area contributed by atoms with Gasteiger partial charge in [-0.3, -0.25) is 4.70 Å². The van der Waals surface area contributed by atoms with Crippen molar-refractivity contribution in [1.82, 2.24) is 0 Å². The van der Waals surface area contributed by atoms with Gasteiger partial charge in [0, 0.05) is 0 Å². The van der Waals surface area contributed by atoms with Gasteiger partial charge in [0.15, 0.2) is 0 Å². The standard InChI is InChI=1S/C14H13Si.FH/c1-3-15(4-2)14-11-7-9-12-8-5-6-10-13(12)14;/h3-11H,1-2H2;1H. The lowest BCUT2D eigenvalue weighted by atomic mass is 10.1. The Balaban J connectivity index is 0.00000128. The minimum absolute atomic E-state index is 0. The predicted molar refractivity (Wildman–Crippen MR) is 72.2 cm³/mol. The summed E-state index contributed by atoms with van der Waals surface area (Å²) < 4.78 is 0. The van der Waals surface area contributed by atoms with Crippen molar-refractivity contribution in [3.05, 3.63) is 67.0 Å². The highest BCUT2D eigenvalue weighted by molar-refractivity contribution is 6.83. The fraction of sp³-hybridized carbons (Fsp3) is 0. The molecule has 0 nitrogen and oxygen atoms in total. The van der Waals surface area contributed by atoms with Crippen molar-refractivity contribution in [3.63, 3.8) is 0 Å². The lowest BCUT2D eigenvalue weighted by molar-refractivity contribution is 1.11. The van der Waals surface area contributed by atoms with Crippen LogP contribution in [0.4, 0.5) is 4.70 Å². The Morgan fingerprint density at radius 1 is 0.875 bits per heavy atom. The highest BCUT2D eigenvalue weighted by Crippen LogP contribution is 2.11. The molecule has 0 saturated carbocycles. The average molecular weight is 229 g/mol. The van der Waals surface area contributed by atoms with Crippen LogP contribution in [0.3, 0.4) is 0 Å². The molecule has 0 aliphatic rings. The summed E-state index contributed by atoms with van der Waals surface area (Å²) in [5.74, 6) is 0. The maximum absolute atomic E-state index is 3.89. The van der Waals surface area contributed by atoms with E-state index in [2.05, 4.69) is 55.6 Å². The Labute approximate surface area is 96.9 Å². The lowest BCUT2D eigenvalue weighted by Gasteiger charge is -2.09. The second-order valence-corrected chi connectivity index (χ2v) is 5.66. The molecule has 0 spiro atoms. The molecule has 0 aliphatic heterocycles. The number of rotatable bonds is 3. The molecule has 1 radical (unpaired) electrons. The monoisotopic (exact) mass is 229 g/mol. The van der Waals surface area contributed by atoms with Crippen molar-refractivity contribution in [2.45, 2.75) is 0 Å². The van der Waals surface area contributed by atoms with Crippen LogP contribution in [0.2, 0.25) is 0 Å². The molecule has 0 amide bonds. The Hall–Kier alpha value is -1.67. The zero-order valence-corrected chi connectivity index (χ0v) is 10.0. The molecule has 0 unspecified atom stereocenters. The molecule has 0 heterocycles. The minimum Gasteiger partial charge on any atom is -0.269 e. The van der Waals surface area contributed by atoms with Crippen LogP contribution in [0.25, 0.3) is 10.8 Å². The first-order chi connectivity index (χ1) is 7.36. The first-order valence-electron chi connectivity index (χ1n) is 4.97. The van der Waals surface area contributed by atoms with Gasteiger partial charge in [-0.25, -0.2) is 0 Å². The molecule has 81 valence electrons. The molecule has 2 heteroatoms. The second kappa shape index (κ2) is 5.42. The van der Waals surface area contributed by atoms with Crippen LogP contribution in [0.15, 0.2) is 67.0 Å². The molecule has 0 aliphatic carbocycles. The largest absolute Gasteiger partial charge is 0.269 e. The van der Waals surface area contributed by atoms with Crippen LogP contribution in [-0.4, -0.2) is 8.80 Å². The number of fused-ring (bicyclic) bond motifs is 1. The predicted octanol–water partition coefficient (Wildman–Crippen LogP) is 3.14. The summed E-state index contributed by atoms with van der Waals surface area (Å²) in [6.07, 6.45) is 0. The van der Waals surface area contributed by atoms with E-state index in [-0.39, 0.29) is 4.70 Å². The van der Waals surface area contributed by atoms with E-state index in [1.54, 1.807) is 0 Å². The maximum Gasteiger partial charge on any atom is 0.139 e. The smallest absolute Gasteiger partial charge is 0.139 e. The van der Waals surface area contributed by atoms with Gasteiger partial charge in [0.25, 0.3) is 0 Å². The minimum atomic E-state index is -0.798. The zero-order valence-electron chi connectivity index (χ0n) is 9.02. The van der Waals surface area contributed by atoms with E-state index >= 15 is 0 Å². The van der Waals surface area contributed by atoms with Crippen LogP contribution in [0, 0.1) is 0 Å². The normalized spacial score (nSPS) is 9.81. The molecular weight excluding hydrogens is 215 g/mol. The number of halogens is 1. The van der Waals surface area contributed by atoms with E-state index in [1.807, 2.05) is 11.4 Å². The van der Waals surface area contributed by atoms with Crippen molar-refractivity contribution in [3.8, 4) is 0 Å². The Morgan fingerprint density at radius 3 is 2.19 bits per heavy atom. The van der Waals surface area contributed by atoms with E-state index in [4.69, 9.17) is 0 Å². The van der Waals surface area contributed by atoms with Crippen LogP contribution in [0.5, 0.6) is 0 Å². The molecule has 0 atom stereocenters. The summed E-state index contributed by atoms with van der Waals surface area (Å²) >= 11 is 0. The van der Waals surface area contributed by atoms with Gasteiger partial charge in [-0.05, 0) is 16.0 Å². The molecule has 2 aromatic carbocycles. The number of hydrogen-bond donors (Lipinski definition) is 0. The number of hydrogen-bond acceptors (Lipinski definition) is 0. The SMILES string of the molecule is C=C[Si](C=C)c1cccc2ccccc12.F. The molecule has 0 N–H and O–H groups in total. The molecule has 0 saturated heterocycles. The van der Waals surface area contributed by atoms with E-state index in [1.165, 1.54) is 16.0 Å². The van der Waals surface area contributed by atoms with E-state index < -0.39 is 8.80 Å². The molecule has 0 fully saturated rings. The van der Waals surface area contributed by atoms with E-state index in [9.17, 15) is 0 Å². The third kappa shape index (κ3) is 2.12. The Morgan fingerprint density at radius 2 is 1.50 bits per heavy atom. The van der Waals surface area contributed by atoms with Gasteiger partial charge in [-0.2, -0.15) is 0 Å². The quantitative estimate of drug-likeness (QED) is 0.709. The Bertz CT molecular complexity index is 492. The highest BCUT2D eigenvalue weighted by Gasteiger charge is 2.08. The molecule has 0 aromatic heterocycles. The van der Waals surface area contributed by atoms with Gasteiger partial charge < -0.3 is 0 Å². The molecular formula is C14H14FSi. The molecule has 2 aromatic rings. The van der Waals surface area contributed by atoms with Crippen molar-refractivity contribution < 1.29 is 4.70 Å². The fourth-order valence-corrected chi connectivity index (χ4v) is 3.21. The van der Waals surface area contributed by atoms with Crippen molar-refractivity contribution >= 4 is 24.8 Å². The second-order valence-electron chi connectivity index (χ2n) is 3.39. The van der Waals surface area contributed by atoms with E-state index in [0.717, 1.165) is 0 Å². The molecule has 16 heavy (non-hydrogen) atoms. The average Bonchev–Trinajstić information content (AvgIpc) is 2.31. The summed E-state index contributed by atoms with van der Waals surface area (Å²) in [5.41, 5.74) is 4.05. The van der Waals surface area contributed by atoms with Gasteiger partial charge in [-0.1, -0.05) is 53.9 Å². The summed E-state index contributed by atoms with van der Waals surface area (Å²) in [5, 5.41) is 4.00. The first kappa shape index (κ1) is 12.4. The van der Waals surface area contributed by atoms with Gasteiger partial charge in [0.2, 0.25) is 0 Å². The van der Waals surface area contributed by atoms with Gasteiger partial charge in [0.05, 0.1) is 0 Å². The van der Waals surface area contributed by atoms with Crippen molar-refractivity contribution in [2.24, 2.45) is 0 Å². The molecule has 0 bridgehead atoms.